The summed E-state index contributed by atoms with van der Waals surface area (Å²) in [5.74, 6) is -3.64. The van der Waals surface area contributed by atoms with E-state index in [1.54, 1.807) is 13.8 Å². The Hall–Kier alpha value is -2.03. The average Bonchev–Trinajstić information content (AvgIpc) is 2.89. The van der Waals surface area contributed by atoms with Crippen LogP contribution in [0.1, 0.15) is 24.2 Å². The number of hydrogen-bond donors (Lipinski definition) is 0. The Kier molecular flexibility index (Phi) is 4.76. The van der Waals surface area contributed by atoms with Gasteiger partial charge in [-0.1, -0.05) is 13.8 Å². The molecule has 26 heavy (non-hydrogen) atoms. The van der Waals surface area contributed by atoms with Crippen LogP contribution in [0.2, 0.25) is 0 Å². The maximum absolute atomic E-state index is 13.5. The molecule has 1 aromatic rings. The molecule has 1 aromatic carbocycles. The molecule has 0 N–H and O–H groups in total. The molecule has 0 unspecified atom stereocenters. The van der Waals surface area contributed by atoms with Gasteiger partial charge in [0.15, 0.2) is 21.5 Å². The standard InChI is InChI=1S/C17H20F2N2O4S/c1-10(2)16(22)20-5-6-21(15-9-26(24,25)8-14(15)20)17(23)11-3-4-12(18)13(19)7-11/h3-4,7,10,14-15H,5-6,8-9H2,1-2H3/t14-,15+/m0/s1. The van der Waals surface area contributed by atoms with Gasteiger partial charge in [0.1, 0.15) is 0 Å². The van der Waals surface area contributed by atoms with Gasteiger partial charge in [0.05, 0.1) is 23.6 Å². The summed E-state index contributed by atoms with van der Waals surface area (Å²) in [5, 5.41) is 0. The number of nitrogens with zero attached hydrogens (tertiary/aromatic N) is 2. The number of halogens is 2. The number of fused-ring (bicyclic) bond motifs is 1. The lowest BCUT2D eigenvalue weighted by atomic mass is 10.0. The van der Waals surface area contributed by atoms with Gasteiger partial charge in [0.2, 0.25) is 5.91 Å². The summed E-state index contributed by atoms with van der Waals surface area (Å²) >= 11 is 0. The lowest BCUT2D eigenvalue weighted by Crippen LogP contribution is -2.62. The number of piperazine rings is 1. The third-order valence-electron chi connectivity index (χ3n) is 4.88. The quantitative estimate of drug-likeness (QED) is 0.762. The fourth-order valence-corrected chi connectivity index (χ4v) is 5.59. The summed E-state index contributed by atoms with van der Waals surface area (Å²) in [6.07, 6.45) is 0. The fourth-order valence-electron chi connectivity index (χ4n) is 3.61. The van der Waals surface area contributed by atoms with Crippen LogP contribution in [-0.2, 0) is 14.6 Å². The minimum atomic E-state index is -3.41. The van der Waals surface area contributed by atoms with Crippen molar-refractivity contribution in [3.8, 4) is 0 Å². The van der Waals surface area contributed by atoms with Gasteiger partial charge >= 0.3 is 0 Å². The van der Waals surface area contributed by atoms with Crippen molar-refractivity contribution in [3.05, 3.63) is 35.4 Å². The molecule has 3 rings (SSSR count). The zero-order valence-electron chi connectivity index (χ0n) is 14.5. The lowest BCUT2D eigenvalue weighted by Gasteiger charge is -2.44. The average molecular weight is 386 g/mol. The van der Waals surface area contributed by atoms with Gasteiger partial charge in [-0.15, -0.1) is 0 Å². The number of carbonyl (C=O) groups excluding carboxylic acids is 2. The van der Waals surface area contributed by atoms with E-state index in [1.165, 1.54) is 15.9 Å². The predicted molar refractivity (Wildman–Crippen MR) is 90.2 cm³/mol. The zero-order valence-corrected chi connectivity index (χ0v) is 15.3. The molecule has 2 saturated heterocycles. The smallest absolute Gasteiger partial charge is 0.254 e. The third-order valence-corrected chi connectivity index (χ3v) is 6.58. The highest BCUT2D eigenvalue weighted by Crippen LogP contribution is 2.29. The Morgan fingerprint density at radius 2 is 1.62 bits per heavy atom. The molecule has 2 aliphatic heterocycles. The molecule has 0 spiro atoms. The summed E-state index contributed by atoms with van der Waals surface area (Å²) in [6, 6.07) is 1.55. The molecule has 0 radical (unpaired) electrons. The number of rotatable bonds is 2. The number of hydrogen-bond acceptors (Lipinski definition) is 4. The van der Waals surface area contributed by atoms with Crippen LogP contribution in [0, 0.1) is 17.6 Å². The van der Waals surface area contributed by atoms with Gasteiger partial charge in [0, 0.05) is 24.6 Å². The van der Waals surface area contributed by atoms with Crippen LogP contribution >= 0.6 is 0 Å². The SMILES string of the molecule is CC(C)C(=O)N1CCN(C(=O)c2ccc(F)c(F)c2)[C@@H]2CS(=O)(=O)C[C@@H]21. The zero-order chi connectivity index (χ0) is 19.2. The number of carbonyl (C=O) groups is 2. The number of amides is 2. The van der Waals surface area contributed by atoms with Crippen molar-refractivity contribution in [3.63, 3.8) is 0 Å². The molecule has 2 atom stereocenters. The lowest BCUT2D eigenvalue weighted by molar-refractivity contribution is -0.139. The second kappa shape index (κ2) is 6.61. The van der Waals surface area contributed by atoms with E-state index >= 15 is 0 Å². The van der Waals surface area contributed by atoms with Crippen LogP contribution in [0.3, 0.4) is 0 Å². The first-order chi connectivity index (χ1) is 12.1. The molecular formula is C17H20F2N2O4S. The van der Waals surface area contributed by atoms with Crippen LogP contribution in [-0.4, -0.2) is 66.7 Å². The molecule has 0 aromatic heterocycles. The third kappa shape index (κ3) is 3.32. The van der Waals surface area contributed by atoms with Crippen molar-refractivity contribution in [1.82, 2.24) is 9.80 Å². The Balaban J connectivity index is 1.91. The van der Waals surface area contributed by atoms with E-state index in [4.69, 9.17) is 0 Å². The van der Waals surface area contributed by atoms with E-state index in [0.29, 0.717) is 0 Å². The highest BCUT2D eigenvalue weighted by Gasteiger charge is 2.49. The van der Waals surface area contributed by atoms with Crippen LogP contribution in [0.15, 0.2) is 18.2 Å². The largest absolute Gasteiger partial charge is 0.335 e. The van der Waals surface area contributed by atoms with Crippen molar-refractivity contribution in [1.29, 1.82) is 0 Å². The van der Waals surface area contributed by atoms with Crippen molar-refractivity contribution < 1.29 is 26.8 Å². The fraction of sp³-hybridized carbons (Fsp3) is 0.529. The molecule has 2 amide bonds. The summed E-state index contributed by atoms with van der Waals surface area (Å²) in [7, 11) is -3.41. The first-order valence-corrected chi connectivity index (χ1v) is 10.2. The predicted octanol–water partition coefficient (Wildman–Crippen LogP) is 1.07. The summed E-state index contributed by atoms with van der Waals surface area (Å²) < 4.78 is 50.9. The second-order valence-corrected chi connectivity index (χ2v) is 9.18. The molecule has 142 valence electrons. The van der Waals surface area contributed by atoms with Crippen LogP contribution in [0.5, 0.6) is 0 Å². The van der Waals surface area contributed by atoms with Crippen molar-refractivity contribution >= 4 is 21.7 Å². The number of benzene rings is 1. The van der Waals surface area contributed by atoms with Crippen molar-refractivity contribution in [2.75, 3.05) is 24.6 Å². The molecule has 2 heterocycles. The van der Waals surface area contributed by atoms with Crippen molar-refractivity contribution in [2.45, 2.75) is 25.9 Å². The molecular weight excluding hydrogens is 366 g/mol. The maximum atomic E-state index is 13.5. The van der Waals surface area contributed by atoms with E-state index in [9.17, 15) is 26.8 Å². The monoisotopic (exact) mass is 386 g/mol. The van der Waals surface area contributed by atoms with Crippen LogP contribution < -0.4 is 0 Å². The Bertz CT molecular complexity index is 856. The molecule has 6 nitrogen and oxygen atoms in total. The van der Waals surface area contributed by atoms with Gasteiger partial charge in [-0.3, -0.25) is 9.59 Å². The van der Waals surface area contributed by atoms with Gasteiger partial charge < -0.3 is 9.80 Å². The summed E-state index contributed by atoms with van der Waals surface area (Å²) in [4.78, 5) is 28.1. The van der Waals surface area contributed by atoms with Crippen LogP contribution in [0.4, 0.5) is 8.78 Å². The molecule has 2 fully saturated rings. The van der Waals surface area contributed by atoms with Gasteiger partial charge in [0.25, 0.3) is 5.91 Å². The van der Waals surface area contributed by atoms with Gasteiger partial charge in [-0.25, -0.2) is 17.2 Å². The highest BCUT2D eigenvalue weighted by molar-refractivity contribution is 7.91. The first-order valence-electron chi connectivity index (χ1n) is 8.37. The van der Waals surface area contributed by atoms with Gasteiger partial charge in [-0.05, 0) is 18.2 Å². The number of sulfone groups is 1. The molecule has 0 aliphatic carbocycles. The Morgan fingerprint density at radius 3 is 2.19 bits per heavy atom. The van der Waals surface area contributed by atoms with Crippen molar-refractivity contribution in [2.24, 2.45) is 5.92 Å². The summed E-state index contributed by atoms with van der Waals surface area (Å²) in [6.45, 7) is 3.83. The van der Waals surface area contributed by atoms with Gasteiger partial charge in [-0.2, -0.15) is 0 Å². The van der Waals surface area contributed by atoms with E-state index < -0.39 is 39.5 Å². The van der Waals surface area contributed by atoms with E-state index in [-0.39, 0.29) is 42.0 Å². The molecule has 0 saturated carbocycles. The minimum absolute atomic E-state index is 0.0458. The van der Waals surface area contributed by atoms with E-state index in [0.717, 1.165) is 12.1 Å². The normalized spacial score (nSPS) is 24.7. The summed E-state index contributed by atoms with van der Waals surface area (Å²) in [5.41, 5.74) is -0.0458. The minimum Gasteiger partial charge on any atom is -0.335 e. The van der Waals surface area contributed by atoms with Crippen LogP contribution in [0.25, 0.3) is 0 Å². The molecule has 2 aliphatic rings. The van der Waals surface area contributed by atoms with E-state index in [2.05, 4.69) is 0 Å². The Labute approximate surface area is 150 Å². The van der Waals surface area contributed by atoms with E-state index in [1.807, 2.05) is 0 Å². The Morgan fingerprint density at radius 1 is 1.04 bits per heavy atom. The maximum Gasteiger partial charge on any atom is 0.254 e. The highest BCUT2D eigenvalue weighted by atomic mass is 32.2. The molecule has 9 heteroatoms. The molecule has 0 bridgehead atoms. The topological polar surface area (TPSA) is 74.8 Å². The second-order valence-electron chi connectivity index (χ2n) is 7.03. The first kappa shape index (κ1) is 18.8.